The summed E-state index contributed by atoms with van der Waals surface area (Å²) < 4.78 is 11.0. The van der Waals surface area contributed by atoms with Crippen molar-refractivity contribution in [2.75, 3.05) is 14.2 Å². The van der Waals surface area contributed by atoms with Crippen molar-refractivity contribution in [3.63, 3.8) is 0 Å². The van der Waals surface area contributed by atoms with Crippen molar-refractivity contribution in [2.45, 2.75) is 37.4 Å². The van der Waals surface area contributed by atoms with E-state index in [1.807, 2.05) is 0 Å². The lowest BCUT2D eigenvalue weighted by Crippen LogP contribution is -2.31. The van der Waals surface area contributed by atoms with Gasteiger partial charge in [0, 0.05) is 14.2 Å². The monoisotopic (exact) mass is 220 g/mol. The van der Waals surface area contributed by atoms with Crippen LogP contribution in [-0.2, 0) is 9.47 Å². The van der Waals surface area contributed by atoms with E-state index < -0.39 is 0 Å². The van der Waals surface area contributed by atoms with E-state index in [0.29, 0.717) is 18.1 Å². The zero-order valence-corrected chi connectivity index (χ0v) is 10.1. The van der Waals surface area contributed by atoms with Gasteiger partial charge in [0.1, 0.15) is 0 Å². The van der Waals surface area contributed by atoms with Crippen molar-refractivity contribution >= 4 is 0 Å². The minimum absolute atomic E-state index is 0.337. The molecule has 1 aliphatic carbocycles. The lowest BCUT2D eigenvalue weighted by atomic mass is 9.81. The molecule has 1 aromatic rings. The second-order valence-electron chi connectivity index (χ2n) is 4.53. The zero-order chi connectivity index (χ0) is 11.4. The molecule has 1 fully saturated rings. The third-order valence-corrected chi connectivity index (χ3v) is 3.56. The Balaban J connectivity index is 2.09. The molecule has 1 saturated carbocycles. The van der Waals surface area contributed by atoms with Crippen LogP contribution in [0.3, 0.4) is 0 Å². The third kappa shape index (κ3) is 2.63. The summed E-state index contributed by atoms with van der Waals surface area (Å²) >= 11 is 0. The van der Waals surface area contributed by atoms with Gasteiger partial charge in [-0.3, -0.25) is 0 Å². The first-order valence-corrected chi connectivity index (χ1v) is 5.94. The second kappa shape index (κ2) is 5.46. The van der Waals surface area contributed by atoms with Crippen LogP contribution in [0.15, 0.2) is 30.3 Å². The molecule has 0 amide bonds. The fraction of sp³-hybridized carbons (Fsp3) is 0.571. The van der Waals surface area contributed by atoms with E-state index in [0.717, 1.165) is 19.3 Å². The number of rotatable bonds is 3. The Morgan fingerprint density at radius 1 is 0.875 bits per heavy atom. The van der Waals surface area contributed by atoms with Crippen LogP contribution in [0.25, 0.3) is 0 Å². The maximum absolute atomic E-state index is 5.49. The Morgan fingerprint density at radius 3 is 1.94 bits per heavy atom. The number of hydrogen-bond donors (Lipinski definition) is 0. The highest BCUT2D eigenvalue weighted by Gasteiger charge is 2.29. The molecule has 1 aliphatic rings. The van der Waals surface area contributed by atoms with Gasteiger partial charge in [-0.15, -0.1) is 0 Å². The fourth-order valence-electron chi connectivity index (χ4n) is 2.60. The summed E-state index contributed by atoms with van der Waals surface area (Å²) in [6.07, 6.45) is 3.92. The van der Waals surface area contributed by atoms with Gasteiger partial charge >= 0.3 is 0 Å². The minimum Gasteiger partial charge on any atom is -0.381 e. The van der Waals surface area contributed by atoms with Crippen molar-refractivity contribution in [1.82, 2.24) is 0 Å². The molecule has 0 N–H and O–H groups in total. The first-order valence-electron chi connectivity index (χ1n) is 5.94. The highest BCUT2D eigenvalue weighted by molar-refractivity contribution is 5.20. The van der Waals surface area contributed by atoms with Gasteiger partial charge in [-0.2, -0.15) is 0 Å². The van der Waals surface area contributed by atoms with Gasteiger partial charge < -0.3 is 9.47 Å². The zero-order valence-electron chi connectivity index (χ0n) is 10.1. The van der Waals surface area contributed by atoms with Crippen LogP contribution in [0.5, 0.6) is 0 Å². The molecule has 2 unspecified atom stereocenters. The molecule has 0 aliphatic heterocycles. The first kappa shape index (κ1) is 11.6. The van der Waals surface area contributed by atoms with Crippen molar-refractivity contribution in [3.8, 4) is 0 Å². The molecule has 2 nitrogen and oxygen atoms in total. The minimum atomic E-state index is 0.337. The summed E-state index contributed by atoms with van der Waals surface area (Å²) in [4.78, 5) is 0. The molecule has 2 heteroatoms. The smallest absolute Gasteiger partial charge is 0.0601 e. The van der Waals surface area contributed by atoms with Crippen molar-refractivity contribution in [3.05, 3.63) is 35.9 Å². The van der Waals surface area contributed by atoms with Gasteiger partial charge in [0.15, 0.2) is 0 Å². The van der Waals surface area contributed by atoms with E-state index >= 15 is 0 Å². The highest BCUT2D eigenvalue weighted by Crippen LogP contribution is 2.35. The van der Waals surface area contributed by atoms with Crippen LogP contribution in [0.1, 0.15) is 30.7 Å². The van der Waals surface area contributed by atoms with Crippen molar-refractivity contribution < 1.29 is 9.47 Å². The molecule has 2 atom stereocenters. The molecule has 16 heavy (non-hydrogen) atoms. The maximum Gasteiger partial charge on any atom is 0.0601 e. The van der Waals surface area contributed by atoms with Crippen LogP contribution in [0.2, 0.25) is 0 Å². The van der Waals surface area contributed by atoms with Gasteiger partial charge in [0.2, 0.25) is 0 Å². The molecule has 2 rings (SSSR count). The third-order valence-electron chi connectivity index (χ3n) is 3.56. The lowest BCUT2D eigenvalue weighted by molar-refractivity contribution is -0.0170. The summed E-state index contributed by atoms with van der Waals surface area (Å²) in [6.45, 7) is 0. The van der Waals surface area contributed by atoms with Gasteiger partial charge in [0.05, 0.1) is 12.2 Å². The molecule has 1 aromatic carbocycles. The maximum atomic E-state index is 5.49. The second-order valence-corrected chi connectivity index (χ2v) is 4.53. The molecule has 0 radical (unpaired) electrons. The Hall–Kier alpha value is -0.860. The van der Waals surface area contributed by atoms with Gasteiger partial charge in [-0.1, -0.05) is 30.3 Å². The summed E-state index contributed by atoms with van der Waals surface area (Å²) in [5.74, 6) is 0.574. The van der Waals surface area contributed by atoms with E-state index in [1.54, 1.807) is 14.2 Å². The SMILES string of the molecule is COC1CC(OC)CC(c2ccccc2)C1. The van der Waals surface area contributed by atoms with Gasteiger partial charge in [-0.05, 0) is 30.7 Å². The van der Waals surface area contributed by atoms with Crippen molar-refractivity contribution in [1.29, 1.82) is 0 Å². The summed E-state index contributed by atoms with van der Waals surface area (Å²) in [6, 6.07) is 10.7. The first-order chi connectivity index (χ1) is 7.83. The highest BCUT2D eigenvalue weighted by atomic mass is 16.5. The van der Waals surface area contributed by atoms with E-state index in [-0.39, 0.29) is 0 Å². The topological polar surface area (TPSA) is 18.5 Å². The Labute approximate surface area is 97.6 Å². The quantitative estimate of drug-likeness (QED) is 0.779. The number of benzene rings is 1. The summed E-state index contributed by atoms with van der Waals surface area (Å²) in [7, 11) is 3.59. The lowest BCUT2D eigenvalue weighted by Gasteiger charge is -2.33. The Bertz CT molecular complexity index is 298. The van der Waals surface area contributed by atoms with Crippen LogP contribution in [-0.4, -0.2) is 26.4 Å². The molecule has 0 heterocycles. The molecule has 0 aromatic heterocycles. The van der Waals surface area contributed by atoms with Crippen LogP contribution >= 0.6 is 0 Å². The van der Waals surface area contributed by atoms with Crippen LogP contribution in [0.4, 0.5) is 0 Å². The van der Waals surface area contributed by atoms with Crippen molar-refractivity contribution in [2.24, 2.45) is 0 Å². The normalized spacial score (nSPS) is 30.2. The average molecular weight is 220 g/mol. The van der Waals surface area contributed by atoms with Crippen LogP contribution in [0, 0.1) is 0 Å². The van der Waals surface area contributed by atoms with Gasteiger partial charge in [0.25, 0.3) is 0 Å². The molecule has 88 valence electrons. The van der Waals surface area contributed by atoms with E-state index in [1.165, 1.54) is 5.56 Å². The Kier molecular flexibility index (Phi) is 3.97. The average Bonchev–Trinajstić information content (AvgIpc) is 2.39. The number of hydrogen-bond acceptors (Lipinski definition) is 2. The standard InChI is InChI=1S/C14H20O2/c1-15-13-8-12(9-14(10-13)16-2)11-6-4-3-5-7-11/h3-7,12-14H,8-10H2,1-2H3. The predicted molar refractivity (Wildman–Crippen MR) is 64.6 cm³/mol. The Morgan fingerprint density at radius 2 is 1.44 bits per heavy atom. The number of ether oxygens (including phenoxy) is 2. The molecular weight excluding hydrogens is 200 g/mol. The van der Waals surface area contributed by atoms with Gasteiger partial charge in [-0.25, -0.2) is 0 Å². The van der Waals surface area contributed by atoms with E-state index in [4.69, 9.17) is 9.47 Å². The summed E-state index contributed by atoms with van der Waals surface area (Å²) in [5, 5.41) is 0. The van der Waals surface area contributed by atoms with E-state index in [9.17, 15) is 0 Å². The molecule has 0 bridgehead atoms. The molecule has 0 saturated heterocycles. The largest absolute Gasteiger partial charge is 0.381 e. The molecular formula is C14H20O2. The predicted octanol–water partition coefficient (Wildman–Crippen LogP) is 2.98. The van der Waals surface area contributed by atoms with Crippen LogP contribution < -0.4 is 0 Å². The fourth-order valence-corrected chi connectivity index (χ4v) is 2.60. The molecule has 0 spiro atoms. The number of methoxy groups -OCH3 is 2. The van der Waals surface area contributed by atoms with E-state index in [2.05, 4.69) is 30.3 Å². The summed E-state index contributed by atoms with van der Waals surface area (Å²) in [5.41, 5.74) is 1.41.